The first-order chi connectivity index (χ1) is 13.3. The fourth-order valence-corrected chi connectivity index (χ4v) is 3.81. The van der Waals surface area contributed by atoms with E-state index in [-0.39, 0.29) is 19.0 Å². The van der Waals surface area contributed by atoms with Gasteiger partial charge in [0.2, 0.25) is 21.9 Å². The molecule has 2 aromatic rings. The Kier molecular flexibility index (Phi) is 5.95. The number of rotatable bonds is 8. The van der Waals surface area contributed by atoms with E-state index >= 15 is 0 Å². The van der Waals surface area contributed by atoms with Crippen LogP contribution in [0.3, 0.4) is 0 Å². The topological polar surface area (TPSA) is 104 Å². The van der Waals surface area contributed by atoms with Gasteiger partial charge in [-0.3, -0.25) is 4.79 Å². The summed E-state index contributed by atoms with van der Waals surface area (Å²) in [5, 5.41) is 2.87. The minimum atomic E-state index is -3.27. The predicted molar refractivity (Wildman–Crippen MR) is 107 cm³/mol. The summed E-state index contributed by atoms with van der Waals surface area (Å²) < 4.78 is 24.7. The average Bonchev–Trinajstić information content (AvgIpc) is 2.61. The van der Waals surface area contributed by atoms with E-state index in [1.54, 1.807) is 6.20 Å². The monoisotopic (exact) mass is 403 g/mol. The first-order valence-corrected chi connectivity index (χ1v) is 11.0. The number of amides is 1. The molecule has 3 rings (SSSR count). The van der Waals surface area contributed by atoms with Crippen molar-refractivity contribution >= 4 is 21.9 Å². The van der Waals surface area contributed by atoms with Crippen molar-refractivity contribution in [3.05, 3.63) is 53.9 Å². The Morgan fingerprint density at radius 1 is 1.18 bits per heavy atom. The molecule has 1 saturated heterocycles. The number of benzene rings is 1. The van der Waals surface area contributed by atoms with Gasteiger partial charge in [0, 0.05) is 38.1 Å². The van der Waals surface area contributed by atoms with E-state index in [0.717, 1.165) is 17.5 Å². The molecule has 0 atom stereocenters. The van der Waals surface area contributed by atoms with Crippen molar-refractivity contribution in [1.29, 1.82) is 0 Å². The SMILES string of the molecule is Cc1ccnc(N2CC(Cc3ccccc3)(C(=O)NCCNS(C)(=O)=O)C2)n1. The smallest absolute Gasteiger partial charge is 0.230 e. The van der Waals surface area contributed by atoms with E-state index in [1.807, 2.05) is 48.2 Å². The molecule has 1 aliphatic heterocycles. The second-order valence-corrected chi connectivity index (χ2v) is 9.05. The van der Waals surface area contributed by atoms with Gasteiger partial charge < -0.3 is 10.2 Å². The van der Waals surface area contributed by atoms with E-state index in [4.69, 9.17) is 0 Å². The summed E-state index contributed by atoms with van der Waals surface area (Å²) in [6.07, 6.45) is 3.41. The van der Waals surface area contributed by atoms with Crippen molar-refractivity contribution in [3.63, 3.8) is 0 Å². The van der Waals surface area contributed by atoms with Crippen LogP contribution in [0.4, 0.5) is 5.95 Å². The standard InChI is InChI=1S/C19H25N5O3S/c1-15-8-9-21-18(23-15)24-13-19(14-24,12-16-6-4-3-5-7-16)17(25)20-10-11-22-28(2,26)27/h3-9,22H,10-14H2,1-2H3,(H,20,25). The third-order valence-electron chi connectivity index (χ3n) is 4.69. The predicted octanol–water partition coefficient (Wildman–Crippen LogP) is 0.500. The highest BCUT2D eigenvalue weighted by molar-refractivity contribution is 7.88. The van der Waals surface area contributed by atoms with Crippen LogP contribution >= 0.6 is 0 Å². The average molecular weight is 404 g/mol. The van der Waals surface area contributed by atoms with Crippen LogP contribution in [0.2, 0.25) is 0 Å². The van der Waals surface area contributed by atoms with Gasteiger partial charge in [0.05, 0.1) is 11.7 Å². The van der Waals surface area contributed by atoms with Crippen LogP contribution in [0, 0.1) is 12.3 Å². The van der Waals surface area contributed by atoms with Crippen LogP contribution in [0.1, 0.15) is 11.3 Å². The second-order valence-electron chi connectivity index (χ2n) is 7.22. The van der Waals surface area contributed by atoms with Gasteiger partial charge in [0.15, 0.2) is 0 Å². The van der Waals surface area contributed by atoms with E-state index in [2.05, 4.69) is 20.0 Å². The van der Waals surface area contributed by atoms with Gasteiger partial charge in [-0.15, -0.1) is 0 Å². The minimum absolute atomic E-state index is 0.0874. The normalized spacial score (nSPS) is 15.7. The Bertz CT molecular complexity index is 928. The van der Waals surface area contributed by atoms with Crippen molar-refractivity contribution in [2.24, 2.45) is 5.41 Å². The Labute approximate surface area is 165 Å². The highest BCUT2D eigenvalue weighted by Crippen LogP contribution is 2.36. The molecule has 9 heteroatoms. The number of aryl methyl sites for hydroxylation is 1. The van der Waals surface area contributed by atoms with E-state index in [9.17, 15) is 13.2 Å². The molecule has 1 fully saturated rings. The Morgan fingerprint density at radius 2 is 1.89 bits per heavy atom. The molecule has 0 bridgehead atoms. The van der Waals surface area contributed by atoms with Crippen molar-refractivity contribution in [3.8, 4) is 0 Å². The Hall–Kier alpha value is -2.52. The lowest BCUT2D eigenvalue weighted by molar-refractivity contribution is -0.132. The molecule has 2 N–H and O–H groups in total. The summed E-state index contributed by atoms with van der Waals surface area (Å²) in [7, 11) is -3.27. The molecule has 1 aliphatic rings. The van der Waals surface area contributed by atoms with E-state index in [0.29, 0.717) is 25.5 Å². The first kappa shape index (κ1) is 20.2. The maximum absolute atomic E-state index is 13.0. The van der Waals surface area contributed by atoms with Crippen LogP contribution in [0.15, 0.2) is 42.6 Å². The zero-order chi connectivity index (χ0) is 20.2. The number of hydrogen-bond donors (Lipinski definition) is 2. The highest BCUT2D eigenvalue weighted by atomic mass is 32.2. The molecular weight excluding hydrogens is 378 g/mol. The third kappa shape index (κ3) is 5.05. The van der Waals surface area contributed by atoms with Crippen LogP contribution in [-0.2, 0) is 21.2 Å². The number of hydrogen-bond acceptors (Lipinski definition) is 6. The molecule has 0 unspecified atom stereocenters. The van der Waals surface area contributed by atoms with Crippen molar-refractivity contribution in [2.75, 3.05) is 37.3 Å². The number of nitrogens with zero attached hydrogens (tertiary/aromatic N) is 3. The lowest BCUT2D eigenvalue weighted by atomic mass is 9.74. The van der Waals surface area contributed by atoms with Crippen molar-refractivity contribution in [1.82, 2.24) is 20.0 Å². The number of nitrogens with one attached hydrogen (secondary N) is 2. The number of anilines is 1. The molecule has 1 amide bonds. The quantitative estimate of drug-likeness (QED) is 0.622. The van der Waals surface area contributed by atoms with Crippen LogP contribution in [0.25, 0.3) is 0 Å². The highest BCUT2D eigenvalue weighted by Gasteiger charge is 2.50. The number of carbonyl (C=O) groups excluding carboxylic acids is 1. The zero-order valence-corrected chi connectivity index (χ0v) is 16.9. The summed E-state index contributed by atoms with van der Waals surface area (Å²) in [6.45, 7) is 3.33. The Balaban J connectivity index is 1.68. The molecule has 0 radical (unpaired) electrons. The zero-order valence-electron chi connectivity index (χ0n) is 16.1. The summed E-state index contributed by atoms with van der Waals surface area (Å²) in [5.74, 6) is 0.533. The van der Waals surface area contributed by atoms with Gasteiger partial charge in [0.1, 0.15) is 0 Å². The van der Waals surface area contributed by atoms with Crippen LogP contribution < -0.4 is 14.9 Å². The molecule has 0 aliphatic carbocycles. The molecule has 150 valence electrons. The maximum Gasteiger partial charge on any atom is 0.230 e. The fraction of sp³-hybridized carbons (Fsp3) is 0.421. The van der Waals surface area contributed by atoms with E-state index in [1.165, 1.54) is 0 Å². The molecule has 28 heavy (non-hydrogen) atoms. The fourth-order valence-electron chi connectivity index (χ4n) is 3.34. The first-order valence-electron chi connectivity index (χ1n) is 9.09. The number of carbonyl (C=O) groups is 1. The summed E-state index contributed by atoms with van der Waals surface area (Å²) in [6, 6.07) is 11.7. The lowest BCUT2D eigenvalue weighted by Gasteiger charge is -2.49. The Morgan fingerprint density at radius 3 is 2.54 bits per heavy atom. The molecule has 1 aromatic heterocycles. The van der Waals surface area contributed by atoms with Gasteiger partial charge in [-0.1, -0.05) is 30.3 Å². The summed E-state index contributed by atoms with van der Waals surface area (Å²) in [5.41, 5.74) is 1.36. The number of sulfonamides is 1. The molecular formula is C19H25N5O3S. The summed E-state index contributed by atoms with van der Waals surface area (Å²) >= 11 is 0. The van der Waals surface area contributed by atoms with Gasteiger partial charge in [0.25, 0.3) is 0 Å². The molecule has 0 saturated carbocycles. The lowest BCUT2D eigenvalue weighted by Crippen LogP contribution is -2.65. The van der Waals surface area contributed by atoms with Crippen LogP contribution in [-0.4, -0.2) is 56.7 Å². The second kappa shape index (κ2) is 8.24. The third-order valence-corrected chi connectivity index (χ3v) is 5.42. The van der Waals surface area contributed by atoms with Gasteiger partial charge >= 0.3 is 0 Å². The van der Waals surface area contributed by atoms with Crippen molar-refractivity contribution < 1.29 is 13.2 Å². The summed E-state index contributed by atoms with van der Waals surface area (Å²) in [4.78, 5) is 23.7. The van der Waals surface area contributed by atoms with Crippen LogP contribution in [0.5, 0.6) is 0 Å². The van der Waals surface area contributed by atoms with Gasteiger partial charge in [-0.25, -0.2) is 23.1 Å². The van der Waals surface area contributed by atoms with E-state index < -0.39 is 15.4 Å². The minimum Gasteiger partial charge on any atom is -0.354 e. The number of aromatic nitrogens is 2. The van der Waals surface area contributed by atoms with Gasteiger partial charge in [-0.05, 0) is 25.0 Å². The molecule has 8 nitrogen and oxygen atoms in total. The largest absolute Gasteiger partial charge is 0.354 e. The molecule has 2 heterocycles. The molecule has 1 aromatic carbocycles. The van der Waals surface area contributed by atoms with Crippen molar-refractivity contribution in [2.45, 2.75) is 13.3 Å². The van der Waals surface area contributed by atoms with Gasteiger partial charge in [-0.2, -0.15) is 0 Å². The maximum atomic E-state index is 13.0. The molecule has 0 spiro atoms.